The van der Waals surface area contributed by atoms with Crippen LogP contribution in [0.3, 0.4) is 0 Å². The summed E-state index contributed by atoms with van der Waals surface area (Å²) in [6, 6.07) is 15.3. The molecule has 1 heterocycles. The van der Waals surface area contributed by atoms with Gasteiger partial charge in [0.05, 0.1) is 17.8 Å². The van der Waals surface area contributed by atoms with E-state index in [1.807, 2.05) is 55.5 Å². The highest BCUT2D eigenvalue weighted by Crippen LogP contribution is 2.38. The van der Waals surface area contributed by atoms with E-state index in [4.69, 9.17) is 5.11 Å². The van der Waals surface area contributed by atoms with Gasteiger partial charge < -0.3 is 10.0 Å². The lowest BCUT2D eigenvalue weighted by atomic mass is 10.0. The first-order chi connectivity index (χ1) is 10.6. The molecule has 4 nitrogen and oxygen atoms in total. The van der Waals surface area contributed by atoms with Gasteiger partial charge >= 0.3 is 5.97 Å². The van der Waals surface area contributed by atoms with Gasteiger partial charge in [-0.1, -0.05) is 42.0 Å². The molecule has 2 aromatic rings. The average Bonchev–Trinajstić information content (AvgIpc) is 2.73. The number of fused-ring (bicyclic) bond motifs is 1. The number of aryl methyl sites for hydroxylation is 1. The Labute approximate surface area is 128 Å². The molecule has 0 spiro atoms. The quantitative estimate of drug-likeness (QED) is 0.885. The number of hydrogen-bond donors (Lipinski definition) is 1. The Morgan fingerprint density at radius 1 is 1.18 bits per heavy atom. The standard InChI is InChI=1S/C18H15NO3/c1-12-7-8-16-14(9-12)15(10-17(20)21)18(22)19(16)11-13-5-3-2-4-6-13/h2-10H,11H2,1H3,(H,20,21). The number of carboxylic acid groups (broad SMARTS) is 1. The van der Waals surface area contributed by atoms with Crippen molar-refractivity contribution in [1.29, 1.82) is 0 Å². The zero-order chi connectivity index (χ0) is 15.7. The van der Waals surface area contributed by atoms with Crippen LogP contribution >= 0.6 is 0 Å². The lowest BCUT2D eigenvalue weighted by Gasteiger charge is -2.17. The topological polar surface area (TPSA) is 57.6 Å². The molecule has 4 heteroatoms. The van der Waals surface area contributed by atoms with Crippen LogP contribution in [-0.4, -0.2) is 17.0 Å². The molecular formula is C18H15NO3. The Bertz CT molecular complexity index is 778. The Morgan fingerprint density at radius 3 is 2.59 bits per heavy atom. The second kappa shape index (κ2) is 5.48. The molecule has 0 bridgehead atoms. The summed E-state index contributed by atoms with van der Waals surface area (Å²) >= 11 is 0. The number of amides is 1. The molecule has 3 rings (SSSR count). The molecule has 0 atom stereocenters. The summed E-state index contributed by atoms with van der Waals surface area (Å²) in [4.78, 5) is 25.2. The number of rotatable bonds is 3. The van der Waals surface area contributed by atoms with Gasteiger partial charge in [0.25, 0.3) is 5.91 Å². The highest BCUT2D eigenvalue weighted by molar-refractivity contribution is 6.34. The maximum absolute atomic E-state index is 12.6. The normalized spacial score (nSPS) is 15.2. The molecule has 0 aromatic heterocycles. The SMILES string of the molecule is Cc1ccc2c(c1)C(=CC(=O)O)C(=O)N2Cc1ccccc1. The Hall–Kier alpha value is -2.88. The summed E-state index contributed by atoms with van der Waals surface area (Å²) in [5, 5.41) is 9.02. The van der Waals surface area contributed by atoms with Crippen LogP contribution in [0.2, 0.25) is 0 Å². The molecule has 110 valence electrons. The Morgan fingerprint density at radius 2 is 1.91 bits per heavy atom. The molecule has 0 unspecified atom stereocenters. The summed E-state index contributed by atoms with van der Waals surface area (Å²) in [5.74, 6) is -1.38. The third-order valence-electron chi connectivity index (χ3n) is 3.66. The molecule has 22 heavy (non-hydrogen) atoms. The van der Waals surface area contributed by atoms with Crippen LogP contribution < -0.4 is 4.90 Å². The van der Waals surface area contributed by atoms with Crippen molar-refractivity contribution in [2.45, 2.75) is 13.5 Å². The molecule has 1 N–H and O–H groups in total. The van der Waals surface area contributed by atoms with Gasteiger partial charge in [-0.3, -0.25) is 4.79 Å². The summed E-state index contributed by atoms with van der Waals surface area (Å²) in [6.45, 7) is 2.34. The van der Waals surface area contributed by atoms with Crippen molar-refractivity contribution < 1.29 is 14.7 Å². The zero-order valence-electron chi connectivity index (χ0n) is 12.1. The highest BCUT2D eigenvalue weighted by atomic mass is 16.4. The van der Waals surface area contributed by atoms with Crippen molar-refractivity contribution in [3.63, 3.8) is 0 Å². The molecule has 0 radical (unpaired) electrons. The molecule has 0 fully saturated rings. The van der Waals surface area contributed by atoms with Crippen molar-refractivity contribution in [1.82, 2.24) is 0 Å². The van der Waals surface area contributed by atoms with Crippen LogP contribution in [0.1, 0.15) is 16.7 Å². The number of anilines is 1. The van der Waals surface area contributed by atoms with Crippen molar-refractivity contribution >= 4 is 23.1 Å². The second-order valence-corrected chi connectivity index (χ2v) is 5.29. The zero-order valence-corrected chi connectivity index (χ0v) is 12.1. The van der Waals surface area contributed by atoms with Gasteiger partial charge in [0.1, 0.15) is 0 Å². The van der Waals surface area contributed by atoms with Crippen LogP contribution in [0.25, 0.3) is 5.57 Å². The predicted octanol–water partition coefficient (Wildman–Crippen LogP) is 3.01. The molecule has 2 aromatic carbocycles. The molecule has 1 amide bonds. The number of carboxylic acids is 1. The third-order valence-corrected chi connectivity index (χ3v) is 3.66. The van der Waals surface area contributed by atoms with E-state index in [1.54, 1.807) is 4.90 Å². The van der Waals surface area contributed by atoms with E-state index in [0.29, 0.717) is 12.1 Å². The van der Waals surface area contributed by atoms with Crippen LogP contribution in [0, 0.1) is 6.92 Å². The first-order valence-corrected chi connectivity index (χ1v) is 6.97. The number of hydrogen-bond acceptors (Lipinski definition) is 2. The summed E-state index contributed by atoms with van der Waals surface area (Å²) in [7, 11) is 0. The van der Waals surface area contributed by atoms with E-state index in [0.717, 1.165) is 22.9 Å². The fraction of sp³-hybridized carbons (Fsp3) is 0.111. The van der Waals surface area contributed by atoms with Crippen LogP contribution in [0.4, 0.5) is 5.69 Å². The van der Waals surface area contributed by atoms with E-state index in [1.165, 1.54) is 0 Å². The molecule has 0 aliphatic carbocycles. The number of aliphatic carboxylic acids is 1. The molecule has 1 aliphatic heterocycles. The molecular weight excluding hydrogens is 278 g/mol. The summed E-state index contributed by atoms with van der Waals surface area (Å²) < 4.78 is 0. The van der Waals surface area contributed by atoms with Gasteiger partial charge in [-0.25, -0.2) is 4.79 Å². The predicted molar refractivity (Wildman–Crippen MR) is 84.4 cm³/mol. The Kier molecular flexibility index (Phi) is 3.51. The van der Waals surface area contributed by atoms with Crippen molar-refractivity contribution in [3.05, 3.63) is 71.3 Å². The van der Waals surface area contributed by atoms with E-state index < -0.39 is 5.97 Å². The fourth-order valence-corrected chi connectivity index (χ4v) is 2.66. The van der Waals surface area contributed by atoms with Gasteiger partial charge in [-0.2, -0.15) is 0 Å². The molecule has 0 saturated heterocycles. The van der Waals surface area contributed by atoms with Crippen molar-refractivity contribution in [3.8, 4) is 0 Å². The first kappa shape index (κ1) is 14.1. The van der Waals surface area contributed by atoms with E-state index in [9.17, 15) is 9.59 Å². The van der Waals surface area contributed by atoms with Crippen LogP contribution in [0.5, 0.6) is 0 Å². The fourth-order valence-electron chi connectivity index (χ4n) is 2.66. The highest BCUT2D eigenvalue weighted by Gasteiger charge is 2.32. The average molecular weight is 293 g/mol. The van der Waals surface area contributed by atoms with E-state index >= 15 is 0 Å². The van der Waals surface area contributed by atoms with Crippen LogP contribution in [-0.2, 0) is 16.1 Å². The third kappa shape index (κ3) is 2.51. The van der Waals surface area contributed by atoms with Gasteiger partial charge in [-0.15, -0.1) is 0 Å². The lowest BCUT2D eigenvalue weighted by molar-refractivity contribution is -0.131. The van der Waals surface area contributed by atoms with Gasteiger partial charge in [0, 0.05) is 11.6 Å². The number of nitrogens with zero attached hydrogens (tertiary/aromatic N) is 1. The number of carbonyl (C=O) groups is 2. The number of benzene rings is 2. The smallest absolute Gasteiger partial charge is 0.329 e. The van der Waals surface area contributed by atoms with E-state index in [-0.39, 0.29) is 11.5 Å². The van der Waals surface area contributed by atoms with Gasteiger partial charge in [-0.05, 0) is 24.6 Å². The summed E-state index contributed by atoms with van der Waals surface area (Å²) in [5.41, 5.74) is 3.67. The van der Waals surface area contributed by atoms with Gasteiger partial charge in [0.15, 0.2) is 0 Å². The maximum atomic E-state index is 12.6. The van der Waals surface area contributed by atoms with Gasteiger partial charge in [0.2, 0.25) is 0 Å². The second-order valence-electron chi connectivity index (χ2n) is 5.29. The lowest BCUT2D eigenvalue weighted by Crippen LogP contribution is -2.25. The van der Waals surface area contributed by atoms with Crippen LogP contribution in [0.15, 0.2) is 54.6 Å². The Balaban J connectivity index is 2.06. The first-order valence-electron chi connectivity index (χ1n) is 6.97. The minimum atomic E-state index is -1.11. The maximum Gasteiger partial charge on any atom is 0.329 e. The molecule has 1 aliphatic rings. The monoisotopic (exact) mass is 293 g/mol. The number of carbonyl (C=O) groups excluding carboxylic acids is 1. The minimum absolute atomic E-state index is 0.238. The minimum Gasteiger partial charge on any atom is -0.478 e. The van der Waals surface area contributed by atoms with Crippen molar-refractivity contribution in [2.75, 3.05) is 4.90 Å². The largest absolute Gasteiger partial charge is 0.478 e. The van der Waals surface area contributed by atoms with Crippen molar-refractivity contribution in [2.24, 2.45) is 0 Å². The van der Waals surface area contributed by atoms with E-state index in [2.05, 4.69) is 0 Å². The molecule has 0 saturated carbocycles. The summed E-state index contributed by atoms with van der Waals surface area (Å²) in [6.07, 6.45) is 0.992.